The second-order valence-corrected chi connectivity index (χ2v) is 6.15. The number of benzene rings is 1. The van der Waals surface area contributed by atoms with Crippen LogP contribution in [0.3, 0.4) is 0 Å². The topological polar surface area (TPSA) is 85.0 Å². The van der Waals surface area contributed by atoms with Crippen LogP contribution in [0.4, 0.5) is 0 Å². The number of hydrogen-bond donors (Lipinski definition) is 0. The summed E-state index contributed by atoms with van der Waals surface area (Å²) in [5.74, 6) is 0. The molecule has 6 heteroatoms. The molecule has 0 saturated heterocycles. The zero-order valence-corrected chi connectivity index (χ0v) is 11.7. The first-order valence-electron chi connectivity index (χ1n) is 5.82. The predicted octanol–water partition coefficient (Wildman–Crippen LogP) is 1.87. The van der Waals surface area contributed by atoms with Gasteiger partial charge in [0.05, 0.1) is 22.6 Å². The third-order valence-electron chi connectivity index (χ3n) is 2.59. The minimum absolute atomic E-state index is 0.0817. The monoisotopic (exact) mass is 277 g/mol. The number of nitriles is 2. The Balaban J connectivity index is 3.20. The SMILES string of the molecule is CC(C)N(CCC#N)S(=O)(=O)c1cccc(C#N)c1. The maximum absolute atomic E-state index is 12.5. The van der Waals surface area contributed by atoms with Gasteiger partial charge in [-0.25, -0.2) is 8.42 Å². The molecule has 1 aromatic rings. The highest BCUT2D eigenvalue weighted by molar-refractivity contribution is 7.89. The average Bonchev–Trinajstić information content (AvgIpc) is 2.38. The van der Waals surface area contributed by atoms with Crippen LogP contribution in [0.1, 0.15) is 25.8 Å². The van der Waals surface area contributed by atoms with Gasteiger partial charge in [0.15, 0.2) is 0 Å². The molecule has 0 atom stereocenters. The van der Waals surface area contributed by atoms with E-state index in [1.807, 2.05) is 12.1 Å². The highest BCUT2D eigenvalue weighted by atomic mass is 32.2. The van der Waals surface area contributed by atoms with Crippen LogP contribution in [0, 0.1) is 22.7 Å². The molecule has 0 aliphatic heterocycles. The van der Waals surface area contributed by atoms with E-state index in [-0.39, 0.29) is 23.9 Å². The molecule has 0 unspecified atom stereocenters. The van der Waals surface area contributed by atoms with Crippen LogP contribution >= 0.6 is 0 Å². The summed E-state index contributed by atoms with van der Waals surface area (Å²) < 4.78 is 26.2. The Morgan fingerprint density at radius 2 is 2.00 bits per heavy atom. The van der Waals surface area contributed by atoms with Gasteiger partial charge in [0.1, 0.15) is 0 Å². The largest absolute Gasteiger partial charge is 0.243 e. The summed E-state index contributed by atoms with van der Waals surface area (Å²) in [6, 6.07) is 9.50. The Hall–Kier alpha value is -1.89. The van der Waals surface area contributed by atoms with Gasteiger partial charge in [0, 0.05) is 19.0 Å². The van der Waals surface area contributed by atoms with Crippen LogP contribution in [-0.2, 0) is 10.0 Å². The number of rotatable bonds is 5. The second-order valence-electron chi connectivity index (χ2n) is 4.26. The second kappa shape index (κ2) is 6.33. The third-order valence-corrected chi connectivity index (χ3v) is 4.66. The third kappa shape index (κ3) is 3.54. The normalized spacial score (nSPS) is 11.3. The first-order valence-corrected chi connectivity index (χ1v) is 7.26. The van der Waals surface area contributed by atoms with E-state index in [9.17, 15) is 8.42 Å². The van der Waals surface area contributed by atoms with Crippen molar-refractivity contribution in [1.29, 1.82) is 10.5 Å². The Labute approximate surface area is 113 Å². The van der Waals surface area contributed by atoms with Crippen molar-refractivity contribution >= 4 is 10.0 Å². The summed E-state index contributed by atoms with van der Waals surface area (Å²) >= 11 is 0. The molecular weight excluding hydrogens is 262 g/mol. The molecule has 1 rings (SSSR count). The standard InChI is InChI=1S/C13H15N3O2S/c1-11(2)16(8-4-7-14)19(17,18)13-6-3-5-12(9-13)10-15/h3,5-6,9,11H,4,8H2,1-2H3. The fourth-order valence-electron chi connectivity index (χ4n) is 1.68. The molecule has 100 valence electrons. The van der Waals surface area contributed by atoms with Gasteiger partial charge in [-0.2, -0.15) is 14.8 Å². The predicted molar refractivity (Wildman–Crippen MR) is 70.4 cm³/mol. The van der Waals surface area contributed by atoms with Crippen LogP contribution < -0.4 is 0 Å². The van der Waals surface area contributed by atoms with E-state index < -0.39 is 10.0 Å². The van der Waals surface area contributed by atoms with Crippen LogP contribution in [0.2, 0.25) is 0 Å². The summed E-state index contributed by atoms with van der Waals surface area (Å²) in [6.07, 6.45) is 0.134. The Morgan fingerprint density at radius 3 is 2.53 bits per heavy atom. The Morgan fingerprint density at radius 1 is 1.32 bits per heavy atom. The van der Waals surface area contributed by atoms with Crippen molar-refractivity contribution in [2.75, 3.05) is 6.54 Å². The lowest BCUT2D eigenvalue weighted by atomic mass is 10.2. The van der Waals surface area contributed by atoms with Gasteiger partial charge in [0.2, 0.25) is 10.0 Å². The van der Waals surface area contributed by atoms with Crippen LogP contribution in [0.5, 0.6) is 0 Å². The molecule has 0 radical (unpaired) electrons. The molecule has 0 bridgehead atoms. The molecule has 0 amide bonds. The van der Waals surface area contributed by atoms with E-state index in [2.05, 4.69) is 0 Å². The Bertz CT molecular complexity index is 624. The van der Waals surface area contributed by atoms with Crippen molar-refractivity contribution in [3.63, 3.8) is 0 Å². The quantitative estimate of drug-likeness (QED) is 0.822. The molecule has 0 N–H and O–H groups in total. The lowest BCUT2D eigenvalue weighted by Gasteiger charge is -2.25. The number of hydrogen-bond acceptors (Lipinski definition) is 4. The lowest BCUT2D eigenvalue weighted by molar-refractivity contribution is 0.360. The van der Waals surface area contributed by atoms with Gasteiger partial charge in [-0.3, -0.25) is 0 Å². The summed E-state index contributed by atoms with van der Waals surface area (Å²) in [4.78, 5) is 0.0817. The van der Waals surface area contributed by atoms with E-state index in [1.54, 1.807) is 19.9 Å². The smallest absolute Gasteiger partial charge is 0.207 e. The fraction of sp³-hybridized carbons (Fsp3) is 0.385. The first-order chi connectivity index (χ1) is 8.93. The van der Waals surface area contributed by atoms with Crippen molar-refractivity contribution < 1.29 is 8.42 Å². The highest BCUT2D eigenvalue weighted by Crippen LogP contribution is 2.19. The summed E-state index contributed by atoms with van der Waals surface area (Å²) in [7, 11) is -3.67. The van der Waals surface area contributed by atoms with Gasteiger partial charge in [-0.15, -0.1) is 0 Å². The van der Waals surface area contributed by atoms with Gasteiger partial charge < -0.3 is 0 Å². The lowest BCUT2D eigenvalue weighted by Crippen LogP contribution is -2.37. The molecular formula is C13H15N3O2S. The molecule has 0 saturated carbocycles. The minimum Gasteiger partial charge on any atom is -0.207 e. The molecule has 1 aromatic carbocycles. The molecule has 0 spiro atoms. The molecule has 0 heterocycles. The van der Waals surface area contributed by atoms with Gasteiger partial charge in [0.25, 0.3) is 0 Å². The van der Waals surface area contributed by atoms with Gasteiger partial charge in [-0.05, 0) is 32.0 Å². The van der Waals surface area contributed by atoms with Crippen molar-refractivity contribution in [3.05, 3.63) is 29.8 Å². The summed E-state index contributed by atoms with van der Waals surface area (Å²) in [5, 5.41) is 17.4. The molecule has 0 aromatic heterocycles. The van der Waals surface area contributed by atoms with Gasteiger partial charge >= 0.3 is 0 Å². The van der Waals surface area contributed by atoms with Crippen molar-refractivity contribution in [2.24, 2.45) is 0 Å². The summed E-state index contributed by atoms with van der Waals surface area (Å²) in [6.45, 7) is 3.65. The molecule has 0 fully saturated rings. The molecule has 0 aliphatic carbocycles. The van der Waals surface area contributed by atoms with Gasteiger partial charge in [-0.1, -0.05) is 6.07 Å². The maximum Gasteiger partial charge on any atom is 0.243 e. The van der Waals surface area contributed by atoms with E-state index in [1.165, 1.54) is 22.5 Å². The molecule has 0 aliphatic rings. The summed E-state index contributed by atoms with van der Waals surface area (Å²) in [5.41, 5.74) is 0.296. The van der Waals surface area contributed by atoms with Crippen LogP contribution in [0.15, 0.2) is 29.2 Å². The minimum atomic E-state index is -3.67. The Kier molecular flexibility index (Phi) is 5.05. The fourth-order valence-corrected chi connectivity index (χ4v) is 3.36. The number of nitrogens with zero attached hydrogens (tertiary/aromatic N) is 3. The molecule has 5 nitrogen and oxygen atoms in total. The molecule has 19 heavy (non-hydrogen) atoms. The van der Waals surface area contributed by atoms with Crippen molar-refractivity contribution in [1.82, 2.24) is 4.31 Å². The highest BCUT2D eigenvalue weighted by Gasteiger charge is 2.26. The van der Waals surface area contributed by atoms with E-state index in [4.69, 9.17) is 10.5 Å². The average molecular weight is 277 g/mol. The van der Waals surface area contributed by atoms with E-state index in [0.29, 0.717) is 5.56 Å². The van der Waals surface area contributed by atoms with Crippen LogP contribution in [0.25, 0.3) is 0 Å². The van der Waals surface area contributed by atoms with Crippen LogP contribution in [-0.4, -0.2) is 25.3 Å². The first kappa shape index (κ1) is 15.2. The van der Waals surface area contributed by atoms with E-state index in [0.717, 1.165) is 0 Å². The number of sulfonamides is 1. The zero-order chi connectivity index (χ0) is 14.5. The maximum atomic E-state index is 12.5. The van der Waals surface area contributed by atoms with Crippen molar-refractivity contribution in [3.8, 4) is 12.1 Å². The zero-order valence-electron chi connectivity index (χ0n) is 10.9. The van der Waals surface area contributed by atoms with Crippen molar-refractivity contribution in [2.45, 2.75) is 31.2 Å². The van der Waals surface area contributed by atoms with E-state index >= 15 is 0 Å².